The molecule has 0 saturated carbocycles. The number of fused-ring (bicyclic) bond motifs is 1. The van der Waals surface area contributed by atoms with Gasteiger partial charge in [0.2, 0.25) is 0 Å². The van der Waals surface area contributed by atoms with E-state index in [9.17, 15) is 0 Å². The zero-order chi connectivity index (χ0) is 9.97. The first-order valence-electron chi connectivity index (χ1n) is 4.49. The van der Waals surface area contributed by atoms with Gasteiger partial charge >= 0.3 is 0 Å². The summed E-state index contributed by atoms with van der Waals surface area (Å²) >= 11 is 0. The van der Waals surface area contributed by atoms with Crippen LogP contribution in [0.25, 0.3) is 0 Å². The fourth-order valence-corrected chi connectivity index (χ4v) is 1.69. The monoisotopic (exact) mass is 192 g/mol. The van der Waals surface area contributed by atoms with E-state index in [0.717, 1.165) is 11.3 Å². The van der Waals surface area contributed by atoms with Crippen molar-refractivity contribution in [2.45, 2.75) is 12.3 Å². The van der Waals surface area contributed by atoms with Crippen molar-refractivity contribution in [2.24, 2.45) is 10.9 Å². The lowest BCUT2D eigenvalue weighted by molar-refractivity contribution is 0.312. The van der Waals surface area contributed by atoms with Crippen LogP contribution in [0, 0.1) is 0 Å². The van der Waals surface area contributed by atoms with Crippen molar-refractivity contribution in [2.75, 3.05) is 6.61 Å². The van der Waals surface area contributed by atoms with Crippen LogP contribution in [0.5, 0.6) is 5.75 Å². The first kappa shape index (κ1) is 8.87. The molecule has 1 aliphatic heterocycles. The Hall–Kier alpha value is -1.71. The molecule has 0 aliphatic carbocycles. The van der Waals surface area contributed by atoms with Gasteiger partial charge in [-0.25, -0.2) is 0 Å². The van der Waals surface area contributed by atoms with Crippen LogP contribution >= 0.6 is 0 Å². The van der Waals surface area contributed by atoms with Crippen molar-refractivity contribution in [3.8, 4) is 5.75 Å². The molecule has 14 heavy (non-hydrogen) atoms. The Bertz CT molecular complexity index is 363. The predicted octanol–water partition coefficient (Wildman–Crippen LogP) is 1.30. The quantitative estimate of drug-likeness (QED) is 0.321. The van der Waals surface area contributed by atoms with E-state index < -0.39 is 0 Å². The summed E-state index contributed by atoms with van der Waals surface area (Å²) in [5.41, 5.74) is 6.59. The number of nitrogens with two attached hydrogens (primary N) is 1. The van der Waals surface area contributed by atoms with Crippen LogP contribution in [0.1, 0.15) is 17.9 Å². The molecule has 0 aromatic heterocycles. The summed E-state index contributed by atoms with van der Waals surface area (Å²) in [6.45, 7) is 0.607. The van der Waals surface area contributed by atoms with Gasteiger partial charge in [0.15, 0.2) is 0 Å². The minimum atomic E-state index is 0.210. The molecular weight excluding hydrogens is 180 g/mol. The third-order valence-electron chi connectivity index (χ3n) is 2.38. The summed E-state index contributed by atoms with van der Waals surface area (Å²) in [4.78, 5) is 0. The summed E-state index contributed by atoms with van der Waals surface area (Å²) in [5.74, 6) is 1.36. The van der Waals surface area contributed by atoms with Gasteiger partial charge in [-0.3, -0.25) is 0 Å². The largest absolute Gasteiger partial charge is 0.493 e. The topological polar surface area (TPSA) is 67.8 Å². The van der Waals surface area contributed by atoms with Crippen molar-refractivity contribution < 1.29 is 9.94 Å². The highest BCUT2D eigenvalue weighted by atomic mass is 16.5. The lowest BCUT2D eigenvalue weighted by Crippen LogP contribution is -2.16. The molecule has 0 bridgehead atoms. The van der Waals surface area contributed by atoms with Gasteiger partial charge in [0.05, 0.1) is 6.61 Å². The molecule has 1 aromatic carbocycles. The second-order valence-corrected chi connectivity index (χ2v) is 3.34. The molecule has 1 unspecified atom stereocenters. The highest BCUT2D eigenvalue weighted by molar-refractivity contribution is 5.80. The Morgan fingerprint density at radius 3 is 3.14 bits per heavy atom. The van der Waals surface area contributed by atoms with Crippen LogP contribution < -0.4 is 10.5 Å². The maximum atomic E-state index is 8.47. The molecule has 0 radical (unpaired) electrons. The number of rotatable bonds is 2. The van der Waals surface area contributed by atoms with Gasteiger partial charge in [-0.05, 0) is 6.07 Å². The smallest absolute Gasteiger partial charge is 0.139 e. The average Bonchev–Trinajstić information content (AvgIpc) is 2.62. The van der Waals surface area contributed by atoms with Crippen molar-refractivity contribution >= 4 is 5.84 Å². The second-order valence-electron chi connectivity index (χ2n) is 3.34. The first-order valence-corrected chi connectivity index (χ1v) is 4.49. The Morgan fingerprint density at radius 1 is 1.57 bits per heavy atom. The molecule has 1 atom stereocenters. The van der Waals surface area contributed by atoms with Gasteiger partial charge in [-0.2, -0.15) is 0 Å². The Kier molecular flexibility index (Phi) is 2.26. The number of nitrogens with zero attached hydrogens (tertiary/aromatic N) is 1. The standard InChI is InChI=1S/C10H12N2O2/c11-10(12-13)5-7-6-14-9-4-2-1-3-8(7)9/h1-4,7,13H,5-6H2,(H2,11,12). The van der Waals surface area contributed by atoms with E-state index in [2.05, 4.69) is 5.16 Å². The van der Waals surface area contributed by atoms with E-state index >= 15 is 0 Å². The molecule has 0 fully saturated rings. The van der Waals surface area contributed by atoms with Crippen LogP contribution in [0.15, 0.2) is 29.4 Å². The average molecular weight is 192 g/mol. The van der Waals surface area contributed by atoms with Crippen LogP contribution in [-0.2, 0) is 0 Å². The van der Waals surface area contributed by atoms with E-state index in [0.29, 0.717) is 13.0 Å². The summed E-state index contributed by atoms with van der Waals surface area (Å²) < 4.78 is 5.46. The SMILES string of the molecule is NC(CC1COc2ccccc21)=NO. The van der Waals surface area contributed by atoms with Gasteiger partial charge in [0, 0.05) is 17.9 Å². The molecule has 2 rings (SSSR count). The summed E-state index contributed by atoms with van der Waals surface area (Å²) in [5, 5.41) is 11.4. The van der Waals surface area contributed by atoms with Crippen molar-refractivity contribution in [1.82, 2.24) is 0 Å². The van der Waals surface area contributed by atoms with Crippen molar-refractivity contribution in [3.05, 3.63) is 29.8 Å². The third-order valence-corrected chi connectivity index (χ3v) is 2.38. The first-order chi connectivity index (χ1) is 6.81. The highest BCUT2D eigenvalue weighted by Gasteiger charge is 2.24. The van der Waals surface area contributed by atoms with Crippen LogP contribution in [-0.4, -0.2) is 17.6 Å². The molecule has 4 nitrogen and oxygen atoms in total. The molecule has 0 spiro atoms. The Balaban J connectivity index is 2.18. The number of benzene rings is 1. The third kappa shape index (κ3) is 1.51. The van der Waals surface area contributed by atoms with Gasteiger partial charge in [-0.1, -0.05) is 23.4 Å². The van der Waals surface area contributed by atoms with Gasteiger partial charge in [-0.15, -0.1) is 0 Å². The minimum Gasteiger partial charge on any atom is -0.493 e. The lowest BCUT2D eigenvalue weighted by Gasteiger charge is -2.06. The fourth-order valence-electron chi connectivity index (χ4n) is 1.69. The van der Waals surface area contributed by atoms with Crippen LogP contribution in [0.3, 0.4) is 0 Å². The van der Waals surface area contributed by atoms with Gasteiger partial charge in [0.25, 0.3) is 0 Å². The zero-order valence-electron chi connectivity index (χ0n) is 7.68. The summed E-state index contributed by atoms with van der Waals surface area (Å²) in [6, 6.07) is 7.84. The van der Waals surface area contributed by atoms with Crippen molar-refractivity contribution in [1.29, 1.82) is 0 Å². The van der Waals surface area contributed by atoms with Gasteiger partial charge < -0.3 is 15.7 Å². The van der Waals surface area contributed by atoms with Crippen molar-refractivity contribution in [3.63, 3.8) is 0 Å². The minimum absolute atomic E-state index is 0.210. The summed E-state index contributed by atoms with van der Waals surface area (Å²) in [7, 11) is 0. The normalized spacial score (nSPS) is 20.3. The number of amidine groups is 1. The lowest BCUT2D eigenvalue weighted by atomic mass is 9.98. The van der Waals surface area contributed by atoms with E-state index in [4.69, 9.17) is 15.7 Å². The fraction of sp³-hybridized carbons (Fsp3) is 0.300. The number of oxime groups is 1. The van der Waals surface area contributed by atoms with E-state index in [1.165, 1.54) is 0 Å². The number of hydrogen-bond donors (Lipinski definition) is 2. The van der Waals surface area contributed by atoms with E-state index in [1.54, 1.807) is 0 Å². The maximum Gasteiger partial charge on any atom is 0.139 e. The zero-order valence-corrected chi connectivity index (χ0v) is 7.68. The number of ether oxygens (including phenoxy) is 1. The molecule has 0 amide bonds. The molecule has 0 saturated heterocycles. The molecular formula is C10H12N2O2. The highest BCUT2D eigenvalue weighted by Crippen LogP contribution is 2.35. The molecule has 74 valence electrons. The maximum absolute atomic E-state index is 8.47. The van der Waals surface area contributed by atoms with E-state index in [-0.39, 0.29) is 11.8 Å². The molecule has 1 aromatic rings. The Morgan fingerprint density at radius 2 is 2.36 bits per heavy atom. The molecule has 4 heteroatoms. The van der Waals surface area contributed by atoms with E-state index in [1.807, 2.05) is 24.3 Å². The van der Waals surface area contributed by atoms with Crippen LogP contribution in [0.2, 0.25) is 0 Å². The van der Waals surface area contributed by atoms with Crippen LogP contribution in [0.4, 0.5) is 0 Å². The molecule has 3 N–H and O–H groups in total. The van der Waals surface area contributed by atoms with Gasteiger partial charge in [0.1, 0.15) is 11.6 Å². The number of hydrogen-bond acceptors (Lipinski definition) is 3. The predicted molar refractivity (Wildman–Crippen MR) is 52.7 cm³/mol. The second kappa shape index (κ2) is 3.57. The summed E-state index contributed by atoms with van der Waals surface area (Å²) in [6.07, 6.45) is 0.535. The molecule has 1 aliphatic rings. The molecule has 1 heterocycles. The number of para-hydroxylation sites is 1. The Labute approximate surface area is 82.0 Å².